The van der Waals surface area contributed by atoms with E-state index in [1.54, 1.807) is 4.68 Å². The number of hydrogen-bond donors (Lipinski definition) is 0. The second kappa shape index (κ2) is 8.46. The van der Waals surface area contributed by atoms with Crippen LogP contribution in [0.15, 0.2) is 18.2 Å². The Morgan fingerprint density at radius 3 is 2.78 bits per heavy atom. The van der Waals surface area contributed by atoms with Crippen molar-refractivity contribution in [2.75, 3.05) is 0 Å². The summed E-state index contributed by atoms with van der Waals surface area (Å²) in [5, 5.41) is 8.04. The fraction of sp³-hybridized carbons (Fsp3) is 0.500. The zero-order chi connectivity index (χ0) is 16.7. The van der Waals surface area contributed by atoms with Crippen molar-refractivity contribution in [3.8, 4) is 5.75 Å². The van der Waals surface area contributed by atoms with Crippen LogP contribution in [0.25, 0.3) is 0 Å². The number of nitrogens with zero attached hydrogens (tertiary/aromatic N) is 3. The van der Waals surface area contributed by atoms with E-state index in [-0.39, 0.29) is 0 Å². The Morgan fingerprint density at radius 1 is 1.22 bits per heavy atom. The first-order valence-electron chi connectivity index (χ1n) is 8.24. The maximum absolute atomic E-state index is 11.2. The summed E-state index contributed by atoms with van der Waals surface area (Å²) < 4.78 is 7.71. The molecule has 5 nitrogen and oxygen atoms in total. The molecule has 0 fully saturated rings. The van der Waals surface area contributed by atoms with Gasteiger partial charge in [-0.25, -0.2) is 4.68 Å². The number of aldehydes is 1. The summed E-state index contributed by atoms with van der Waals surface area (Å²) in [6.07, 6.45) is 5.34. The van der Waals surface area contributed by atoms with E-state index >= 15 is 0 Å². The number of aromatic nitrogens is 3. The minimum atomic E-state index is 0.305. The van der Waals surface area contributed by atoms with Crippen LogP contribution in [0.1, 0.15) is 59.9 Å². The van der Waals surface area contributed by atoms with Gasteiger partial charge in [-0.1, -0.05) is 43.5 Å². The highest BCUT2D eigenvalue weighted by Crippen LogP contribution is 2.22. The van der Waals surface area contributed by atoms with E-state index in [2.05, 4.69) is 30.2 Å². The van der Waals surface area contributed by atoms with Crippen molar-refractivity contribution >= 4 is 6.29 Å². The predicted octanol–water partition coefficient (Wildman–Crippen LogP) is 3.87. The Labute approximate surface area is 137 Å². The van der Waals surface area contributed by atoms with Crippen LogP contribution in [-0.2, 0) is 13.2 Å². The number of unbranched alkanes of at least 4 members (excludes halogenated alkanes) is 3. The van der Waals surface area contributed by atoms with Gasteiger partial charge in [-0.05, 0) is 37.5 Å². The van der Waals surface area contributed by atoms with Gasteiger partial charge < -0.3 is 4.74 Å². The van der Waals surface area contributed by atoms with Crippen LogP contribution >= 0.6 is 0 Å². The zero-order valence-electron chi connectivity index (χ0n) is 14.2. The summed E-state index contributed by atoms with van der Waals surface area (Å²) in [6, 6.07) is 5.97. The molecule has 0 atom stereocenters. The molecular weight excluding hydrogens is 290 g/mol. The molecule has 5 heteroatoms. The molecule has 0 radical (unpaired) electrons. The van der Waals surface area contributed by atoms with E-state index in [0.717, 1.165) is 42.7 Å². The fourth-order valence-corrected chi connectivity index (χ4v) is 2.48. The maximum Gasteiger partial charge on any atom is 0.172 e. The lowest BCUT2D eigenvalue weighted by Gasteiger charge is -2.12. The van der Waals surface area contributed by atoms with Gasteiger partial charge in [-0.15, -0.1) is 5.10 Å². The quantitative estimate of drug-likeness (QED) is 0.521. The van der Waals surface area contributed by atoms with Crippen LogP contribution in [0.4, 0.5) is 0 Å². The number of rotatable bonds is 9. The van der Waals surface area contributed by atoms with Gasteiger partial charge in [0.15, 0.2) is 12.0 Å². The third kappa shape index (κ3) is 4.41. The maximum atomic E-state index is 11.2. The van der Waals surface area contributed by atoms with Crippen molar-refractivity contribution in [1.29, 1.82) is 0 Å². The molecule has 0 saturated heterocycles. The number of hydrogen-bond acceptors (Lipinski definition) is 4. The Kier molecular flexibility index (Phi) is 6.32. The zero-order valence-corrected chi connectivity index (χ0v) is 14.2. The molecule has 0 amide bonds. The first-order chi connectivity index (χ1) is 11.2. The molecule has 0 saturated carbocycles. The number of benzene rings is 1. The lowest BCUT2D eigenvalue weighted by Crippen LogP contribution is -2.10. The number of aryl methyl sites for hydroxylation is 2. The van der Waals surface area contributed by atoms with E-state index in [1.165, 1.54) is 18.4 Å². The van der Waals surface area contributed by atoms with Crippen LogP contribution in [0, 0.1) is 13.8 Å². The van der Waals surface area contributed by atoms with Crippen molar-refractivity contribution in [3.63, 3.8) is 0 Å². The van der Waals surface area contributed by atoms with Gasteiger partial charge in [-0.3, -0.25) is 4.79 Å². The van der Waals surface area contributed by atoms with E-state index < -0.39 is 0 Å². The molecular formula is C18H25N3O2. The molecule has 0 bridgehead atoms. The fourth-order valence-electron chi connectivity index (χ4n) is 2.48. The molecule has 0 aliphatic carbocycles. The molecule has 1 aromatic carbocycles. The first kappa shape index (κ1) is 17.2. The molecule has 2 aromatic rings. The van der Waals surface area contributed by atoms with Gasteiger partial charge in [0, 0.05) is 6.54 Å². The normalized spacial score (nSPS) is 10.7. The third-order valence-electron chi connectivity index (χ3n) is 4.12. The summed E-state index contributed by atoms with van der Waals surface area (Å²) in [5.74, 6) is 0.834. The van der Waals surface area contributed by atoms with Crippen LogP contribution in [0.5, 0.6) is 5.75 Å². The second-order valence-corrected chi connectivity index (χ2v) is 5.81. The number of carbonyl (C=O) groups excluding carboxylic acids is 1. The van der Waals surface area contributed by atoms with Crippen molar-refractivity contribution in [2.24, 2.45) is 0 Å². The molecule has 2 rings (SSSR count). The van der Waals surface area contributed by atoms with Crippen molar-refractivity contribution in [3.05, 3.63) is 40.7 Å². The third-order valence-corrected chi connectivity index (χ3v) is 4.12. The van der Waals surface area contributed by atoms with Crippen molar-refractivity contribution < 1.29 is 9.53 Å². The monoisotopic (exact) mass is 315 g/mol. The largest absolute Gasteiger partial charge is 0.487 e. The SMILES string of the molecule is CCCCCCn1nnc(C=O)c1COc1cccc(C)c1C. The van der Waals surface area contributed by atoms with Gasteiger partial charge >= 0.3 is 0 Å². The minimum absolute atomic E-state index is 0.305. The summed E-state index contributed by atoms with van der Waals surface area (Å²) in [5.41, 5.74) is 3.41. The Balaban J connectivity index is 2.07. The molecule has 23 heavy (non-hydrogen) atoms. The summed E-state index contributed by atoms with van der Waals surface area (Å²) in [6.45, 7) is 7.35. The lowest BCUT2D eigenvalue weighted by atomic mass is 10.1. The predicted molar refractivity (Wildman–Crippen MR) is 89.8 cm³/mol. The molecule has 124 valence electrons. The summed E-state index contributed by atoms with van der Waals surface area (Å²) in [4.78, 5) is 11.2. The van der Waals surface area contributed by atoms with Gasteiger partial charge in [0.1, 0.15) is 18.1 Å². The van der Waals surface area contributed by atoms with Gasteiger partial charge in [-0.2, -0.15) is 0 Å². The number of carbonyl (C=O) groups is 1. The lowest BCUT2D eigenvalue weighted by molar-refractivity contribution is 0.111. The average Bonchev–Trinajstić information content (AvgIpc) is 2.95. The second-order valence-electron chi connectivity index (χ2n) is 5.81. The first-order valence-corrected chi connectivity index (χ1v) is 8.24. The molecule has 0 N–H and O–H groups in total. The van der Waals surface area contributed by atoms with Crippen LogP contribution < -0.4 is 4.74 Å². The smallest absolute Gasteiger partial charge is 0.172 e. The molecule has 1 aromatic heterocycles. The van der Waals surface area contributed by atoms with Crippen LogP contribution in [0.2, 0.25) is 0 Å². The molecule has 0 aliphatic heterocycles. The molecule has 0 aliphatic rings. The summed E-state index contributed by atoms with van der Waals surface area (Å²) in [7, 11) is 0. The van der Waals surface area contributed by atoms with Gasteiger partial charge in [0.25, 0.3) is 0 Å². The van der Waals surface area contributed by atoms with E-state index in [4.69, 9.17) is 4.74 Å². The summed E-state index contributed by atoms with van der Waals surface area (Å²) >= 11 is 0. The van der Waals surface area contributed by atoms with Gasteiger partial charge in [0.05, 0.1) is 0 Å². The topological polar surface area (TPSA) is 57.0 Å². The molecule has 1 heterocycles. The highest BCUT2D eigenvalue weighted by atomic mass is 16.5. The van der Waals surface area contributed by atoms with E-state index in [1.807, 2.05) is 19.1 Å². The van der Waals surface area contributed by atoms with E-state index in [9.17, 15) is 4.79 Å². The van der Waals surface area contributed by atoms with Gasteiger partial charge in [0.2, 0.25) is 0 Å². The highest BCUT2D eigenvalue weighted by molar-refractivity contribution is 5.73. The Hall–Kier alpha value is -2.17. The van der Waals surface area contributed by atoms with Crippen molar-refractivity contribution in [2.45, 2.75) is 59.6 Å². The average molecular weight is 315 g/mol. The van der Waals surface area contributed by atoms with E-state index in [0.29, 0.717) is 12.3 Å². The number of ether oxygens (including phenoxy) is 1. The van der Waals surface area contributed by atoms with Crippen LogP contribution in [0.3, 0.4) is 0 Å². The Morgan fingerprint density at radius 2 is 2.04 bits per heavy atom. The molecule has 0 spiro atoms. The van der Waals surface area contributed by atoms with Crippen LogP contribution in [-0.4, -0.2) is 21.3 Å². The standard InChI is InChI=1S/C18H25N3O2/c1-4-5-6-7-11-21-17(16(12-22)19-20-21)13-23-18-10-8-9-14(2)15(18)3/h8-10,12H,4-7,11,13H2,1-3H3. The highest BCUT2D eigenvalue weighted by Gasteiger charge is 2.13. The van der Waals surface area contributed by atoms with Crippen molar-refractivity contribution in [1.82, 2.24) is 15.0 Å². The Bertz CT molecular complexity index is 650. The molecule has 0 unspecified atom stereocenters. The minimum Gasteiger partial charge on any atom is -0.487 e.